The first-order valence-electron chi connectivity index (χ1n) is 5.22. The van der Waals surface area contributed by atoms with Crippen LogP contribution in [0.15, 0.2) is 24.3 Å². The number of anilines is 2. The lowest BCUT2D eigenvalue weighted by atomic mass is 10.3. The summed E-state index contributed by atoms with van der Waals surface area (Å²) in [6.45, 7) is 1.68. The van der Waals surface area contributed by atoms with Crippen molar-refractivity contribution in [1.82, 2.24) is 4.98 Å². The number of ether oxygens (including phenoxy) is 1. The largest absolute Gasteiger partial charge is 0.497 e. The average molecular weight is 264 g/mol. The fourth-order valence-electron chi connectivity index (χ4n) is 1.45. The highest BCUT2D eigenvalue weighted by Gasteiger charge is 2.13. The van der Waals surface area contributed by atoms with Crippen molar-refractivity contribution in [3.63, 3.8) is 0 Å². The lowest BCUT2D eigenvalue weighted by Crippen LogP contribution is -1.94. The molecular formula is C12H12N2O3S. The van der Waals surface area contributed by atoms with E-state index in [4.69, 9.17) is 9.84 Å². The third-order valence-corrected chi connectivity index (χ3v) is 3.39. The van der Waals surface area contributed by atoms with Crippen molar-refractivity contribution in [2.24, 2.45) is 0 Å². The molecule has 0 amide bonds. The van der Waals surface area contributed by atoms with Gasteiger partial charge in [-0.1, -0.05) is 11.3 Å². The number of carbonyl (C=O) groups is 1. The van der Waals surface area contributed by atoms with Crippen molar-refractivity contribution < 1.29 is 14.6 Å². The molecule has 1 aromatic heterocycles. The number of benzene rings is 1. The highest BCUT2D eigenvalue weighted by Crippen LogP contribution is 2.26. The Labute approximate surface area is 108 Å². The summed E-state index contributed by atoms with van der Waals surface area (Å²) in [5.41, 5.74) is 1.35. The van der Waals surface area contributed by atoms with Crippen LogP contribution in [-0.2, 0) is 0 Å². The molecule has 2 rings (SSSR count). The highest BCUT2D eigenvalue weighted by atomic mass is 32.1. The van der Waals surface area contributed by atoms with Crippen LogP contribution in [-0.4, -0.2) is 23.2 Å². The maximum absolute atomic E-state index is 10.9. The summed E-state index contributed by atoms with van der Waals surface area (Å²) < 4.78 is 5.06. The van der Waals surface area contributed by atoms with Crippen molar-refractivity contribution in [3.05, 3.63) is 34.8 Å². The Hall–Kier alpha value is -2.08. The lowest BCUT2D eigenvalue weighted by Gasteiger charge is -2.03. The molecule has 0 fully saturated rings. The van der Waals surface area contributed by atoms with Crippen molar-refractivity contribution in [3.8, 4) is 5.75 Å². The number of carboxylic acid groups (broad SMARTS) is 1. The first kappa shape index (κ1) is 12.4. The molecule has 5 nitrogen and oxygen atoms in total. The summed E-state index contributed by atoms with van der Waals surface area (Å²) in [6, 6.07) is 7.33. The molecule has 2 N–H and O–H groups in total. The molecule has 0 aliphatic carbocycles. The molecule has 18 heavy (non-hydrogen) atoms. The smallest absolute Gasteiger partial charge is 0.347 e. The predicted molar refractivity (Wildman–Crippen MR) is 70.1 cm³/mol. The summed E-state index contributed by atoms with van der Waals surface area (Å²) in [7, 11) is 1.60. The number of carboxylic acids is 1. The first-order chi connectivity index (χ1) is 8.60. The van der Waals surface area contributed by atoms with Crippen LogP contribution in [0.4, 0.5) is 10.8 Å². The quantitative estimate of drug-likeness (QED) is 0.888. The summed E-state index contributed by atoms with van der Waals surface area (Å²) in [5, 5.41) is 12.6. The third kappa shape index (κ3) is 2.60. The summed E-state index contributed by atoms with van der Waals surface area (Å²) in [5.74, 6) is -0.185. The topological polar surface area (TPSA) is 71.5 Å². The zero-order valence-electron chi connectivity index (χ0n) is 9.93. The number of thiazole rings is 1. The SMILES string of the molecule is COc1ccc(Nc2nc(C)c(C(=O)O)s2)cc1. The van der Waals surface area contributed by atoms with Gasteiger partial charge in [0.1, 0.15) is 10.6 Å². The van der Waals surface area contributed by atoms with Crippen LogP contribution in [0.1, 0.15) is 15.4 Å². The normalized spacial score (nSPS) is 10.1. The number of methoxy groups -OCH3 is 1. The molecule has 2 aromatic rings. The molecule has 0 aliphatic heterocycles. The molecule has 94 valence electrons. The van der Waals surface area contributed by atoms with Gasteiger partial charge in [-0.25, -0.2) is 9.78 Å². The number of hydrogen-bond acceptors (Lipinski definition) is 5. The van der Waals surface area contributed by atoms with Crippen molar-refractivity contribution >= 4 is 28.1 Å². The van der Waals surface area contributed by atoms with Gasteiger partial charge < -0.3 is 15.2 Å². The standard InChI is InChI=1S/C12H12N2O3S/c1-7-10(11(15)16)18-12(13-7)14-8-3-5-9(17-2)6-4-8/h3-6H,1-2H3,(H,13,14)(H,15,16). The van der Waals surface area contributed by atoms with Crippen LogP contribution < -0.4 is 10.1 Å². The van der Waals surface area contributed by atoms with Gasteiger partial charge in [0.15, 0.2) is 5.13 Å². The number of nitrogens with zero attached hydrogens (tertiary/aromatic N) is 1. The number of aryl methyl sites for hydroxylation is 1. The maximum atomic E-state index is 10.9. The fourth-order valence-corrected chi connectivity index (χ4v) is 2.27. The van der Waals surface area contributed by atoms with Crippen molar-refractivity contribution in [2.45, 2.75) is 6.92 Å². The van der Waals surface area contributed by atoms with E-state index in [2.05, 4.69) is 10.3 Å². The third-order valence-electron chi connectivity index (χ3n) is 2.33. The van der Waals surface area contributed by atoms with Gasteiger partial charge in [0, 0.05) is 5.69 Å². The lowest BCUT2D eigenvalue weighted by molar-refractivity contribution is 0.0701. The second-order valence-electron chi connectivity index (χ2n) is 3.59. The minimum Gasteiger partial charge on any atom is -0.497 e. The van der Waals surface area contributed by atoms with Gasteiger partial charge in [-0.3, -0.25) is 0 Å². The highest BCUT2D eigenvalue weighted by molar-refractivity contribution is 7.17. The number of rotatable bonds is 4. The zero-order valence-corrected chi connectivity index (χ0v) is 10.7. The van der Waals surface area contributed by atoms with Gasteiger partial charge in [-0.05, 0) is 31.2 Å². The van der Waals surface area contributed by atoms with Crippen LogP contribution >= 0.6 is 11.3 Å². The summed E-state index contributed by atoms with van der Waals surface area (Å²) in [6.07, 6.45) is 0. The predicted octanol–water partition coefficient (Wildman–Crippen LogP) is 2.90. The second kappa shape index (κ2) is 5.05. The van der Waals surface area contributed by atoms with Gasteiger partial charge in [-0.2, -0.15) is 0 Å². The maximum Gasteiger partial charge on any atom is 0.347 e. The molecule has 0 saturated carbocycles. The summed E-state index contributed by atoms with van der Waals surface area (Å²) >= 11 is 1.12. The minimum atomic E-state index is -0.951. The number of nitrogens with one attached hydrogen (secondary N) is 1. The molecule has 1 heterocycles. The van der Waals surface area contributed by atoms with Crippen molar-refractivity contribution in [2.75, 3.05) is 12.4 Å². The molecule has 0 radical (unpaired) electrons. The van der Waals surface area contributed by atoms with E-state index in [1.54, 1.807) is 14.0 Å². The fraction of sp³-hybridized carbons (Fsp3) is 0.167. The number of aromatic nitrogens is 1. The molecule has 0 saturated heterocycles. The van der Waals surface area contributed by atoms with Gasteiger partial charge >= 0.3 is 5.97 Å². The Balaban J connectivity index is 2.18. The Morgan fingerprint density at radius 1 is 1.39 bits per heavy atom. The van der Waals surface area contributed by atoms with Gasteiger partial charge in [0.2, 0.25) is 0 Å². The first-order valence-corrected chi connectivity index (χ1v) is 6.03. The molecule has 0 aliphatic rings. The van der Waals surface area contributed by atoms with E-state index in [9.17, 15) is 4.79 Å². The van der Waals surface area contributed by atoms with E-state index in [0.717, 1.165) is 22.8 Å². The van der Waals surface area contributed by atoms with Crippen LogP contribution in [0, 0.1) is 6.92 Å². The summed E-state index contributed by atoms with van der Waals surface area (Å²) in [4.78, 5) is 15.3. The van der Waals surface area contributed by atoms with E-state index < -0.39 is 5.97 Å². The molecule has 0 atom stereocenters. The molecule has 1 aromatic carbocycles. The minimum absolute atomic E-state index is 0.256. The number of hydrogen-bond donors (Lipinski definition) is 2. The van der Waals surface area contributed by atoms with Gasteiger partial charge in [-0.15, -0.1) is 0 Å². The molecule has 0 unspecified atom stereocenters. The molecule has 0 bridgehead atoms. The molecular weight excluding hydrogens is 252 g/mol. The number of aromatic carboxylic acids is 1. The van der Waals surface area contributed by atoms with Crippen LogP contribution in [0.3, 0.4) is 0 Å². The Morgan fingerprint density at radius 2 is 2.06 bits per heavy atom. The second-order valence-corrected chi connectivity index (χ2v) is 4.59. The zero-order chi connectivity index (χ0) is 13.1. The Morgan fingerprint density at radius 3 is 2.56 bits per heavy atom. The van der Waals surface area contributed by atoms with Crippen LogP contribution in [0.2, 0.25) is 0 Å². The van der Waals surface area contributed by atoms with E-state index in [1.807, 2.05) is 24.3 Å². The Kier molecular flexibility index (Phi) is 3.47. The Bertz CT molecular complexity index is 563. The van der Waals surface area contributed by atoms with E-state index in [-0.39, 0.29) is 4.88 Å². The van der Waals surface area contributed by atoms with Crippen LogP contribution in [0.25, 0.3) is 0 Å². The average Bonchev–Trinajstić information content (AvgIpc) is 2.71. The van der Waals surface area contributed by atoms with Gasteiger partial charge in [0.05, 0.1) is 12.8 Å². The van der Waals surface area contributed by atoms with Crippen molar-refractivity contribution in [1.29, 1.82) is 0 Å². The van der Waals surface area contributed by atoms with E-state index in [0.29, 0.717) is 10.8 Å². The van der Waals surface area contributed by atoms with E-state index in [1.165, 1.54) is 0 Å². The monoisotopic (exact) mass is 264 g/mol. The van der Waals surface area contributed by atoms with Crippen LogP contribution in [0.5, 0.6) is 5.75 Å². The van der Waals surface area contributed by atoms with Gasteiger partial charge in [0.25, 0.3) is 0 Å². The molecule has 0 spiro atoms. The van der Waals surface area contributed by atoms with E-state index >= 15 is 0 Å². The molecule has 6 heteroatoms.